The van der Waals surface area contributed by atoms with Crippen molar-refractivity contribution >= 4 is 17.7 Å². The summed E-state index contributed by atoms with van der Waals surface area (Å²) in [4.78, 5) is 41.8. The number of nitrogens with zero attached hydrogens (tertiary/aromatic N) is 2. The molecule has 0 spiro atoms. The van der Waals surface area contributed by atoms with E-state index in [9.17, 15) is 14.4 Å². The fourth-order valence-corrected chi connectivity index (χ4v) is 4.04. The van der Waals surface area contributed by atoms with E-state index in [1.54, 1.807) is 9.80 Å². The monoisotopic (exact) mass is 391 g/mol. The highest BCUT2D eigenvalue weighted by molar-refractivity contribution is 5.99. The van der Waals surface area contributed by atoms with E-state index in [4.69, 9.17) is 0 Å². The Bertz CT molecular complexity index is 911. The van der Waals surface area contributed by atoms with Crippen molar-refractivity contribution in [1.29, 1.82) is 0 Å². The molecule has 0 radical (unpaired) electrons. The van der Waals surface area contributed by atoms with Crippen LogP contribution in [-0.2, 0) is 22.4 Å². The Morgan fingerprint density at radius 3 is 2.41 bits per heavy atom. The SMILES string of the molecule is CCc1ccc(C(=O)N2CCN3C(=O)[C@H](Cc4ccccc4)NC(=O)[C@H]3C2)cc1. The Balaban J connectivity index is 1.44. The second-order valence-corrected chi connectivity index (χ2v) is 7.60. The van der Waals surface area contributed by atoms with Gasteiger partial charge in [0.25, 0.3) is 5.91 Å². The molecule has 2 fully saturated rings. The van der Waals surface area contributed by atoms with Crippen LogP contribution >= 0.6 is 0 Å². The van der Waals surface area contributed by atoms with E-state index >= 15 is 0 Å². The van der Waals surface area contributed by atoms with Gasteiger partial charge in [-0.05, 0) is 29.7 Å². The number of amides is 3. The van der Waals surface area contributed by atoms with E-state index in [1.165, 1.54) is 5.56 Å². The third kappa shape index (κ3) is 3.88. The van der Waals surface area contributed by atoms with Gasteiger partial charge < -0.3 is 15.1 Å². The van der Waals surface area contributed by atoms with Crippen LogP contribution in [0.4, 0.5) is 0 Å². The summed E-state index contributed by atoms with van der Waals surface area (Å²) >= 11 is 0. The van der Waals surface area contributed by atoms with Crippen molar-refractivity contribution in [3.63, 3.8) is 0 Å². The molecule has 4 rings (SSSR count). The Morgan fingerprint density at radius 2 is 1.72 bits per heavy atom. The minimum absolute atomic E-state index is 0.0714. The second kappa shape index (κ2) is 8.07. The summed E-state index contributed by atoms with van der Waals surface area (Å²) in [5, 5.41) is 2.86. The van der Waals surface area contributed by atoms with Crippen LogP contribution in [0.3, 0.4) is 0 Å². The summed E-state index contributed by atoms with van der Waals surface area (Å²) < 4.78 is 0. The van der Waals surface area contributed by atoms with Gasteiger partial charge in [-0.15, -0.1) is 0 Å². The molecule has 29 heavy (non-hydrogen) atoms. The molecule has 2 aliphatic heterocycles. The number of benzene rings is 2. The normalized spacial score (nSPS) is 21.6. The second-order valence-electron chi connectivity index (χ2n) is 7.60. The molecule has 3 amide bonds. The van der Waals surface area contributed by atoms with E-state index in [0.717, 1.165) is 12.0 Å². The van der Waals surface area contributed by atoms with Crippen molar-refractivity contribution in [2.24, 2.45) is 0 Å². The number of hydrogen-bond acceptors (Lipinski definition) is 3. The maximum Gasteiger partial charge on any atom is 0.253 e. The van der Waals surface area contributed by atoms with E-state index in [0.29, 0.717) is 25.1 Å². The third-order valence-corrected chi connectivity index (χ3v) is 5.76. The van der Waals surface area contributed by atoms with Crippen molar-refractivity contribution in [3.05, 3.63) is 71.3 Å². The van der Waals surface area contributed by atoms with Gasteiger partial charge in [-0.3, -0.25) is 14.4 Å². The average Bonchev–Trinajstić information content (AvgIpc) is 2.77. The van der Waals surface area contributed by atoms with Crippen LogP contribution in [0.25, 0.3) is 0 Å². The number of carbonyl (C=O) groups is 3. The molecule has 0 bridgehead atoms. The third-order valence-electron chi connectivity index (χ3n) is 5.76. The first-order valence-corrected chi connectivity index (χ1v) is 10.1. The van der Waals surface area contributed by atoms with Crippen LogP contribution in [0.1, 0.15) is 28.4 Å². The molecule has 6 heteroatoms. The van der Waals surface area contributed by atoms with Crippen molar-refractivity contribution < 1.29 is 14.4 Å². The van der Waals surface area contributed by atoms with Crippen LogP contribution in [0.15, 0.2) is 54.6 Å². The zero-order valence-electron chi connectivity index (χ0n) is 16.5. The van der Waals surface area contributed by atoms with Crippen molar-refractivity contribution in [3.8, 4) is 0 Å². The summed E-state index contributed by atoms with van der Waals surface area (Å²) in [6, 6.07) is 16.1. The van der Waals surface area contributed by atoms with Gasteiger partial charge in [-0.1, -0.05) is 49.4 Å². The molecule has 0 aromatic heterocycles. The van der Waals surface area contributed by atoms with Crippen LogP contribution in [0.5, 0.6) is 0 Å². The van der Waals surface area contributed by atoms with Crippen LogP contribution in [0, 0.1) is 0 Å². The fraction of sp³-hybridized carbons (Fsp3) is 0.348. The van der Waals surface area contributed by atoms with Crippen LogP contribution in [0.2, 0.25) is 0 Å². The molecule has 2 saturated heterocycles. The van der Waals surface area contributed by atoms with Gasteiger partial charge in [0.1, 0.15) is 12.1 Å². The molecule has 2 heterocycles. The highest BCUT2D eigenvalue weighted by atomic mass is 16.2. The summed E-state index contributed by atoms with van der Waals surface area (Å²) in [5.41, 5.74) is 2.79. The molecule has 1 N–H and O–H groups in total. The van der Waals surface area contributed by atoms with Crippen molar-refractivity contribution in [2.45, 2.75) is 31.8 Å². The standard InChI is InChI=1S/C23H25N3O3/c1-2-16-8-10-18(11-9-16)22(28)25-12-13-26-20(15-25)21(27)24-19(23(26)29)14-17-6-4-3-5-7-17/h3-11,19-20H,2,12-15H2,1H3,(H,24,27)/t19-,20+/m0/s1. The lowest BCUT2D eigenvalue weighted by atomic mass is 9.98. The zero-order valence-corrected chi connectivity index (χ0v) is 16.5. The number of hydrogen-bond donors (Lipinski definition) is 1. The Labute approximate surface area is 170 Å². The maximum absolute atomic E-state index is 12.9. The molecular weight excluding hydrogens is 366 g/mol. The van der Waals surface area contributed by atoms with Crippen LogP contribution in [-0.4, -0.2) is 59.2 Å². The van der Waals surface area contributed by atoms with Gasteiger partial charge in [0, 0.05) is 25.1 Å². The van der Waals surface area contributed by atoms with Crippen molar-refractivity contribution in [1.82, 2.24) is 15.1 Å². The van der Waals surface area contributed by atoms with Crippen LogP contribution < -0.4 is 5.32 Å². The smallest absolute Gasteiger partial charge is 0.253 e. The lowest BCUT2D eigenvalue weighted by Gasteiger charge is -2.45. The Morgan fingerprint density at radius 1 is 1.00 bits per heavy atom. The van der Waals surface area contributed by atoms with Gasteiger partial charge >= 0.3 is 0 Å². The number of rotatable bonds is 4. The van der Waals surface area contributed by atoms with Gasteiger partial charge in [0.05, 0.1) is 6.54 Å². The maximum atomic E-state index is 12.9. The number of nitrogens with one attached hydrogen (secondary N) is 1. The largest absolute Gasteiger partial charge is 0.342 e. The number of carbonyl (C=O) groups excluding carboxylic acids is 3. The van der Waals surface area contributed by atoms with E-state index < -0.39 is 12.1 Å². The highest BCUT2D eigenvalue weighted by Crippen LogP contribution is 2.20. The predicted molar refractivity (Wildman–Crippen MR) is 109 cm³/mol. The molecule has 2 aromatic rings. The molecular formula is C23H25N3O3. The Hall–Kier alpha value is -3.15. The number of aryl methyl sites for hydroxylation is 1. The average molecular weight is 391 g/mol. The van der Waals surface area contributed by atoms with Gasteiger partial charge in [0.2, 0.25) is 11.8 Å². The molecule has 150 valence electrons. The Kier molecular flexibility index (Phi) is 5.34. The first-order valence-electron chi connectivity index (χ1n) is 10.1. The minimum atomic E-state index is -0.623. The van der Waals surface area contributed by atoms with Crippen molar-refractivity contribution in [2.75, 3.05) is 19.6 Å². The van der Waals surface area contributed by atoms with Gasteiger partial charge in [0.15, 0.2) is 0 Å². The summed E-state index contributed by atoms with van der Waals surface area (Å²) in [6.45, 7) is 3.10. The molecule has 0 unspecified atom stereocenters. The molecule has 0 saturated carbocycles. The summed E-state index contributed by atoms with van der Waals surface area (Å²) in [5.74, 6) is -0.360. The minimum Gasteiger partial charge on any atom is -0.342 e. The molecule has 0 aliphatic carbocycles. The molecule has 2 aliphatic rings. The molecule has 2 aromatic carbocycles. The molecule has 2 atom stereocenters. The fourth-order valence-electron chi connectivity index (χ4n) is 4.04. The highest BCUT2D eigenvalue weighted by Gasteiger charge is 2.44. The lowest BCUT2D eigenvalue weighted by Crippen LogP contribution is -2.70. The predicted octanol–water partition coefficient (Wildman–Crippen LogP) is 1.64. The molecule has 6 nitrogen and oxygen atoms in total. The first kappa shape index (κ1) is 19.2. The quantitative estimate of drug-likeness (QED) is 0.862. The van der Waals surface area contributed by atoms with E-state index in [1.807, 2.05) is 54.6 Å². The van der Waals surface area contributed by atoms with E-state index in [-0.39, 0.29) is 24.3 Å². The summed E-state index contributed by atoms with van der Waals surface area (Å²) in [7, 11) is 0. The zero-order chi connectivity index (χ0) is 20.4. The van der Waals surface area contributed by atoms with Gasteiger partial charge in [-0.25, -0.2) is 0 Å². The lowest BCUT2D eigenvalue weighted by molar-refractivity contribution is -0.152. The number of fused-ring (bicyclic) bond motifs is 1. The summed E-state index contributed by atoms with van der Waals surface area (Å²) in [6.07, 6.45) is 1.39. The first-order chi connectivity index (χ1) is 14.1. The van der Waals surface area contributed by atoms with Gasteiger partial charge in [-0.2, -0.15) is 0 Å². The number of piperazine rings is 2. The topological polar surface area (TPSA) is 69.7 Å². The van der Waals surface area contributed by atoms with E-state index in [2.05, 4.69) is 12.2 Å².